The summed E-state index contributed by atoms with van der Waals surface area (Å²) in [5.74, 6) is 0.199. The van der Waals surface area contributed by atoms with Crippen LogP contribution in [0, 0.1) is 5.92 Å². The van der Waals surface area contributed by atoms with Gasteiger partial charge < -0.3 is 9.32 Å². The molecule has 1 N–H and O–H groups in total. The molecule has 1 saturated heterocycles. The third kappa shape index (κ3) is 4.17. The molecular weight excluding hydrogens is 344 g/mol. The van der Waals surface area contributed by atoms with E-state index in [4.69, 9.17) is 16.0 Å². The number of carbonyl (C=O) groups excluding carboxylic acids is 2. The van der Waals surface area contributed by atoms with E-state index in [-0.39, 0.29) is 36.1 Å². The summed E-state index contributed by atoms with van der Waals surface area (Å²) in [6.45, 7) is 4.35. The van der Waals surface area contributed by atoms with Crippen LogP contribution in [0.2, 0.25) is 5.02 Å². The average Bonchev–Trinajstić information content (AvgIpc) is 3.14. The highest BCUT2D eigenvalue weighted by Crippen LogP contribution is 2.32. The molecule has 0 aliphatic carbocycles. The van der Waals surface area contributed by atoms with Gasteiger partial charge in [-0.25, -0.2) is 0 Å². The minimum Gasteiger partial charge on any atom is -0.407 e. The molecule has 1 aliphatic heterocycles. The van der Waals surface area contributed by atoms with E-state index < -0.39 is 0 Å². The van der Waals surface area contributed by atoms with E-state index in [2.05, 4.69) is 15.5 Å². The molecule has 1 fully saturated rings. The number of anilines is 2. The summed E-state index contributed by atoms with van der Waals surface area (Å²) in [6.07, 6.45) is 0.661. The second-order valence-corrected chi connectivity index (χ2v) is 6.91. The fourth-order valence-electron chi connectivity index (χ4n) is 2.73. The Morgan fingerprint density at radius 2 is 2.08 bits per heavy atom. The van der Waals surface area contributed by atoms with Gasteiger partial charge in [0.15, 0.2) is 0 Å². The van der Waals surface area contributed by atoms with Gasteiger partial charge in [0.25, 0.3) is 0 Å². The zero-order valence-electron chi connectivity index (χ0n) is 14.0. The molecule has 0 saturated carbocycles. The smallest absolute Gasteiger partial charge is 0.322 e. The van der Waals surface area contributed by atoms with Crippen LogP contribution in [0.25, 0.3) is 0 Å². The van der Waals surface area contributed by atoms with Crippen molar-refractivity contribution < 1.29 is 14.0 Å². The molecule has 1 aromatic heterocycles. The predicted octanol–water partition coefficient (Wildman–Crippen LogP) is 3.23. The Labute approximate surface area is 150 Å². The molecule has 132 valence electrons. The van der Waals surface area contributed by atoms with Crippen LogP contribution in [-0.2, 0) is 9.59 Å². The number of amides is 2. The van der Waals surface area contributed by atoms with Gasteiger partial charge in [-0.2, -0.15) is 0 Å². The Morgan fingerprint density at radius 1 is 1.36 bits per heavy atom. The Kier molecular flexibility index (Phi) is 5.03. The molecule has 2 aromatic rings. The first kappa shape index (κ1) is 17.4. The highest BCUT2D eigenvalue weighted by atomic mass is 35.5. The third-order valence-corrected chi connectivity index (χ3v) is 4.15. The first-order valence-electron chi connectivity index (χ1n) is 8.11. The number of hydrogen-bond donors (Lipinski definition) is 1. The molecule has 1 atom stereocenters. The van der Waals surface area contributed by atoms with Crippen LogP contribution in [-0.4, -0.2) is 28.6 Å². The van der Waals surface area contributed by atoms with E-state index in [0.29, 0.717) is 23.9 Å². The number of hydrogen-bond acceptors (Lipinski definition) is 5. The molecule has 0 bridgehead atoms. The average molecular weight is 363 g/mol. The summed E-state index contributed by atoms with van der Waals surface area (Å²) in [6, 6.07) is 7.15. The summed E-state index contributed by atoms with van der Waals surface area (Å²) < 4.78 is 5.52. The minimum absolute atomic E-state index is 0.0177. The van der Waals surface area contributed by atoms with Gasteiger partial charge in [0.05, 0.1) is 5.92 Å². The highest BCUT2D eigenvalue weighted by Gasteiger charge is 2.35. The number of nitrogens with one attached hydrogen (secondary N) is 1. The van der Waals surface area contributed by atoms with Crippen LogP contribution in [0.5, 0.6) is 0 Å². The van der Waals surface area contributed by atoms with E-state index >= 15 is 0 Å². The highest BCUT2D eigenvalue weighted by molar-refractivity contribution is 6.30. The van der Waals surface area contributed by atoms with E-state index in [9.17, 15) is 9.59 Å². The summed E-state index contributed by atoms with van der Waals surface area (Å²) in [5, 5.41) is 11.0. The van der Waals surface area contributed by atoms with Crippen LogP contribution in [0.3, 0.4) is 0 Å². The number of benzene rings is 1. The number of aromatic nitrogens is 2. The van der Waals surface area contributed by atoms with Crippen molar-refractivity contribution >= 4 is 35.1 Å². The molecule has 0 radical (unpaired) electrons. The molecule has 7 nitrogen and oxygen atoms in total. The topological polar surface area (TPSA) is 88.3 Å². The Bertz CT molecular complexity index is 772. The van der Waals surface area contributed by atoms with Gasteiger partial charge in [0, 0.05) is 30.1 Å². The summed E-state index contributed by atoms with van der Waals surface area (Å²) in [7, 11) is 0. The third-order valence-electron chi connectivity index (χ3n) is 3.89. The maximum absolute atomic E-state index is 12.3. The Balaban J connectivity index is 1.66. The lowest BCUT2D eigenvalue weighted by Crippen LogP contribution is -2.24. The van der Waals surface area contributed by atoms with Gasteiger partial charge >= 0.3 is 6.01 Å². The maximum Gasteiger partial charge on any atom is 0.322 e. The normalized spacial score (nSPS) is 17.4. The molecule has 0 spiro atoms. The van der Waals surface area contributed by atoms with Crippen LogP contribution in [0.15, 0.2) is 28.7 Å². The van der Waals surface area contributed by atoms with Gasteiger partial charge in [0.1, 0.15) is 0 Å². The van der Waals surface area contributed by atoms with E-state index in [0.717, 1.165) is 5.69 Å². The van der Waals surface area contributed by atoms with E-state index in [1.165, 1.54) is 0 Å². The van der Waals surface area contributed by atoms with Crippen molar-refractivity contribution in [2.75, 3.05) is 16.8 Å². The van der Waals surface area contributed by atoms with E-state index in [1.807, 2.05) is 13.8 Å². The number of nitrogens with zero attached hydrogens (tertiary/aromatic N) is 3. The standard InChI is InChI=1S/C17H19ClN4O3/c1-10(2)7-14(23)19-17-21-20-16(25-17)11-8-15(24)22(9-11)13-5-3-12(18)4-6-13/h3-6,10-11H,7-9H2,1-2H3,(H,19,21,23). The molecule has 25 heavy (non-hydrogen) atoms. The Morgan fingerprint density at radius 3 is 2.76 bits per heavy atom. The predicted molar refractivity (Wildman–Crippen MR) is 93.5 cm³/mol. The summed E-state index contributed by atoms with van der Waals surface area (Å²) >= 11 is 5.88. The van der Waals surface area contributed by atoms with Crippen molar-refractivity contribution in [2.24, 2.45) is 5.92 Å². The lowest BCUT2D eigenvalue weighted by molar-refractivity contribution is -0.118. The number of halogens is 1. The Hall–Kier alpha value is -2.41. The van der Waals surface area contributed by atoms with Crippen LogP contribution in [0.4, 0.5) is 11.7 Å². The van der Waals surface area contributed by atoms with E-state index in [1.54, 1.807) is 29.2 Å². The van der Waals surface area contributed by atoms with Gasteiger partial charge in [-0.3, -0.25) is 14.9 Å². The molecule has 3 rings (SSSR count). The molecule has 2 heterocycles. The summed E-state index contributed by atoms with van der Waals surface area (Å²) in [4.78, 5) is 25.7. The van der Waals surface area contributed by atoms with Crippen molar-refractivity contribution in [3.05, 3.63) is 35.2 Å². The second-order valence-electron chi connectivity index (χ2n) is 6.47. The number of rotatable bonds is 5. The molecule has 1 unspecified atom stereocenters. The second kappa shape index (κ2) is 7.23. The quantitative estimate of drug-likeness (QED) is 0.882. The zero-order chi connectivity index (χ0) is 18.0. The summed E-state index contributed by atoms with van der Waals surface area (Å²) in [5.41, 5.74) is 0.780. The van der Waals surface area contributed by atoms with Gasteiger partial charge in [-0.1, -0.05) is 30.5 Å². The molecule has 1 aliphatic rings. The molecular formula is C17H19ClN4O3. The first-order chi connectivity index (χ1) is 11.9. The van der Waals surface area contributed by atoms with Crippen molar-refractivity contribution in [2.45, 2.75) is 32.6 Å². The molecule has 2 amide bonds. The lowest BCUT2D eigenvalue weighted by atomic mass is 10.1. The van der Waals surface area contributed by atoms with Crippen molar-refractivity contribution in [1.29, 1.82) is 0 Å². The largest absolute Gasteiger partial charge is 0.407 e. The van der Waals surface area contributed by atoms with Gasteiger partial charge in [0.2, 0.25) is 17.7 Å². The van der Waals surface area contributed by atoms with Gasteiger partial charge in [-0.15, -0.1) is 5.10 Å². The van der Waals surface area contributed by atoms with Crippen molar-refractivity contribution in [3.8, 4) is 0 Å². The zero-order valence-corrected chi connectivity index (χ0v) is 14.8. The monoisotopic (exact) mass is 362 g/mol. The number of carbonyl (C=O) groups is 2. The maximum atomic E-state index is 12.3. The van der Waals surface area contributed by atoms with Crippen LogP contribution >= 0.6 is 11.6 Å². The molecule has 1 aromatic carbocycles. The van der Waals surface area contributed by atoms with Crippen molar-refractivity contribution in [1.82, 2.24) is 10.2 Å². The molecule has 8 heteroatoms. The van der Waals surface area contributed by atoms with Crippen LogP contribution < -0.4 is 10.2 Å². The first-order valence-corrected chi connectivity index (χ1v) is 8.49. The minimum atomic E-state index is -0.202. The van der Waals surface area contributed by atoms with Crippen LogP contribution in [0.1, 0.15) is 38.5 Å². The van der Waals surface area contributed by atoms with Crippen molar-refractivity contribution in [3.63, 3.8) is 0 Å². The van der Waals surface area contributed by atoms with Gasteiger partial charge in [-0.05, 0) is 30.2 Å². The fraction of sp³-hybridized carbons (Fsp3) is 0.412. The fourth-order valence-corrected chi connectivity index (χ4v) is 2.86. The lowest BCUT2D eigenvalue weighted by Gasteiger charge is -2.16. The SMILES string of the molecule is CC(C)CC(=O)Nc1nnc(C2CC(=O)N(c3ccc(Cl)cc3)C2)o1.